The molecule has 2 aromatic rings. The van der Waals surface area contributed by atoms with E-state index in [4.69, 9.17) is 9.62 Å². The van der Waals surface area contributed by atoms with E-state index < -0.39 is 18.4 Å². The molecule has 2 aromatic carbocycles. The third kappa shape index (κ3) is 2.74. The van der Waals surface area contributed by atoms with Gasteiger partial charge in [-0.15, -0.1) is 0 Å². The van der Waals surface area contributed by atoms with E-state index in [2.05, 4.69) is 4.74 Å². The summed E-state index contributed by atoms with van der Waals surface area (Å²) in [6.07, 6.45) is 0.748. The zero-order valence-electron chi connectivity index (χ0n) is 13.9. The molecule has 1 aliphatic carbocycles. The molecule has 130 valence electrons. The predicted octanol–water partition coefficient (Wildman–Crippen LogP) is 2.67. The molecular formula is C19H18O6. The molecule has 0 aromatic heterocycles. The van der Waals surface area contributed by atoms with Crippen molar-refractivity contribution in [1.82, 2.24) is 0 Å². The SMILES string of the molecule is CCc1ccc2c(c1)C(=O)c1ccccc1C2(OO)OCC(=O)OC. The summed E-state index contributed by atoms with van der Waals surface area (Å²) >= 11 is 0. The minimum Gasteiger partial charge on any atom is -0.467 e. The first kappa shape index (κ1) is 17.3. The monoisotopic (exact) mass is 342 g/mol. The molecule has 25 heavy (non-hydrogen) atoms. The summed E-state index contributed by atoms with van der Waals surface area (Å²) in [7, 11) is 1.23. The van der Waals surface area contributed by atoms with Crippen LogP contribution in [0.4, 0.5) is 0 Å². The fourth-order valence-electron chi connectivity index (χ4n) is 3.04. The molecule has 1 aliphatic rings. The second kappa shape index (κ2) is 6.76. The summed E-state index contributed by atoms with van der Waals surface area (Å²) in [5.41, 5.74) is 2.37. The van der Waals surface area contributed by atoms with Crippen molar-refractivity contribution in [1.29, 1.82) is 0 Å². The van der Waals surface area contributed by atoms with Gasteiger partial charge >= 0.3 is 5.97 Å². The summed E-state index contributed by atoms with van der Waals surface area (Å²) in [4.78, 5) is 29.2. The minimum absolute atomic E-state index is 0.185. The molecule has 6 heteroatoms. The van der Waals surface area contributed by atoms with Gasteiger partial charge in [0.25, 0.3) is 5.79 Å². The maximum atomic E-state index is 12.9. The summed E-state index contributed by atoms with van der Waals surface area (Å²) in [5.74, 6) is -2.59. The van der Waals surface area contributed by atoms with Crippen LogP contribution in [0.2, 0.25) is 0 Å². The molecule has 0 heterocycles. The van der Waals surface area contributed by atoms with Crippen LogP contribution < -0.4 is 0 Å². The highest BCUT2D eigenvalue weighted by atomic mass is 17.1. The van der Waals surface area contributed by atoms with Gasteiger partial charge in [-0.3, -0.25) is 4.79 Å². The van der Waals surface area contributed by atoms with Crippen LogP contribution in [0.3, 0.4) is 0 Å². The number of carbonyl (C=O) groups is 2. The normalized spacial score (nSPS) is 18.4. The van der Waals surface area contributed by atoms with E-state index in [1.54, 1.807) is 36.4 Å². The van der Waals surface area contributed by atoms with Gasteiger partial charge in [-0.05, 0) is 18.1 Å². The molecule has 0 radical (unpaired) electrons. The van der Waals surface area contributed by atoms with Crippen LogP contribution in [-0.4, -0.2) is 30.7 Å². The van der Waals surface area contributed by atoms with Crippen LogP contribution in [0.5, 0.6) is 0 Å². The number of esters is 1. The van der Waals surface area contributed by atoms with Crippen molar-refractivity contribution < 1.29 is 29.2 Å². The average Bonchev–Trinajstić information content (AvgIpc) is 2.67. The van der Waals surface area contributed by atoms with E-state index >= 15 is 0 Å². The number of methoxy groups -OCH3 is 1. The first-order chi connectivity index (χ1) is 12.1. The van der Waals surface area contributed by atoms with Crippen LogP contribution in [0.15, 0.2) is 42.5 Å². The second-order valence-electron chi connectivity index (χ2n) is 5.68. The maximum Gasteiger partial charge on any atom is 0.331 e. The van der Waals surface area contributed by atoms with Crippen LogP contribution >= 0.6 is 0 Å². The number of rotatable bonds is 5. The number of fused-ring (bicyclic) bond motifs is 2. The Hall–Kier alpha value is -2.54. The molecule has 0 spiro atoms. The molecule has 1 atom stereocenters. The molecule has 3 rings (SSSR count). The average molecular weight is 342 g/mol. The Labute approximate surface area is 144 Å². The fraction of sp³-hybridized carbons (Fsp3) is 0.263. The third-order valence-electron chi connectivity index (χ3n) is 4.37. The Morgan fingerprint density at radius 2 is 1.84 bits per heavy atom. The van der Waals surface area contributed by atoms with Crippen LogP contribution in [0.1, 0.15) is 39.5 Å². The van der Waals surface area contributed by atoms with Gasteiger partial charge in [0, 0.05) is 22.3 Å². The number of hydrogen-bond donors (Lipinski definition) is 1. The van der Waals surface area contributed by atoms with Crippen molar-refractivity contribution in [2.24, 2.45) is 0 Å². The van der Waals surface area contributed by atoms with Gasteiger partial charge in [0.2, 0.25) is 0 Å². The van der Waals surface area contributed by atoms with Gasteiger partial charge in [-0.1, -0.05) is 43.3 Å². The van der Waals surface area contributed by atoms with Crippen molar-refractivity contribution in [3.63, 3.8) is 0 Å². The van der Waals surface area contributed by atoms with E-state index in [9.17, 15) is 14.8 Å². The van der Waals surface area contributed by atoms with Gasteiger partial charge in [0.15, 0.2) is 5.78 Å². The largest absolute Gasteiger partial charge is 0.467 e. The second-order valence-corrected chi connectivity index (χ2v) is 5.68. The lowest BCUT2D eigenvalue weighted by atomic mass is 9.79. The van der Waals surface area contributed by atoms with Crippen molar-refractivity contribution in [3.8, 4) is 0 Å². The highest BCUT2D eigenvalue weighted by molar-refractivity contribution is 6.13. The number of ether oxygens (including phenoxy) is 2. The number of carbonyl (C=O) groups excluding carboxylic acids is 2. The van der Waals surface area contributed by atoms with E-state index in [0.717, 1.165) is 12.0 Å². The standard InChI is InChI=1S/C19H18O6/c1-3-12-8-9-16-14(10-12)18(21)13-6-4-5-7-15(13)19(16,25-22)24-11-17(20)23-2/h4-10,22H,3,11H2,1-2H3. The molecule has 0 saturated carbocycles. The van der Waals surface area contributed by atoms with Crippen molar-refractivity contribution >= 4 is 11.8 Å². The molecule has 6 nitrogen and oxygen atoms in total. The Bertz CT molecular complexity index is 828. The third-order valence-corrected chi connectivity index (χ3v) is 4.37. The zero-order valence-corrected chi connectivity index (χ0v) is 13.9. The number of hydrogen-bond acceptors (Lipinski definition) is 6. The number of benzene rings is 2. The van der Waals surface area contributed by atoms with Crippen molar-refractivity contribution in [2.75, 3.05) is 13.7 Å². The van der Waals surface area contributed by atoms with E-state index in [1.807, 2.05) is 13.0 Å². The molecule has 0 bridgehead atoms. The summed E-state index contributed by atoms with van der Waals surface area (Å²) in [6.45, 7) is 1.53. The van der Waals surface area contributed by atoms with Crippen LogP contribution in [0.25, 0.3) is 0 Å². The van der Waals surface area contributed by atoms with Gasteiger partial charge < -0.3 is 9.47 Å². The lowest BCUT2D eigenvalue weighted by Crippen LogP contribution is -2.41. The molecule has 0 amide bonds. The summed E-state index contributed by atoms with van der Waals surface area (Å²) in [6, 6.07) is 11.9. The number of ketones is 1. The first-order valence-electron chi connectivity index (χ1n) is 7.88. The zero-order chi connectivity index (χ0) is 18.0. The fourth-order valence-corrected chi connectivity index (χ4v) is 3.04. The molecule has 0 fully saturated rings. The van der Waals surface area contributed by atoms with Gasteiger partial charge in [-0.25, -0.2) is 10.1 Å². The van der Waals surface area contributed by atoms with Gasteiger partial charge in [0.1, 0.15) is 6.61 Å². The number of aryl methyl sites for hydroxylation is 1. The van der Waals surface area contributed by atoms with Crippen molar-refractivity contribution in [3.05, 3.63) is 70.3 Å². The first-order valence-corrected chi connectivity index (χ1v) is 7.88. The van der Waals surface area contributed by atoms with Gasteiger partial charge in [-0.2, -0.15) is 4.89 Å². The quantitative estimate of drug-likeness (QED) is 0.389. The van der Waals surface area contributed by atoms with E-state index in [1.165, 1.54) is 7.11 Å². The highest BCUT2D eigenvalue weighted by Crippen LogP contribution is 2.43. The van der Waals surface area contributed by atoms with E-state index in [-0.39, 0.29) is 5.78 Å². The molecule has 1 unspecified atom stereocenters. The molecule has 1 N–H and O–H groups in total. The molecule has 0 aliphatic heterocycles. The Morgan fingerprint density at radius 3 is 2.52 bits per heavy atom. The lowest BCUT2D eigenvalue weighted by Gasteiger charge is -2.36. The summed E-state index contributed by atoms with van der Waals surface area (Å²) < 4.78 is 10.2. The Balaban J connectivity index is 2.22. The smallest absolute Gasteiger partial charge is 0.331 e. The van der Waals surface area contributed by atoms with Gasteiger partial charge in [0.05, 0.1) is 7.11 Å². The van der Waals surface area contributed by atoms with Crippen molar-refractivity contribution in [2.45, 2.75) is 19.1 Å². The highest BCUT2D eigenvalue weighted by Gasteiger charge is 2.47. The molecular weight excluding hydrogens is 324 g/mol. The van der Waals surface area contributed by atoms with E-state index in [0.29, 0.717) is 22.3 Å². The lowest BCUT2D eigenvalue weighted by molar-refractivity contribution is -0.394. The Kier molecular flexibility index (Phi) is 4.67. The topological polar surface area (TPSA) is 82.1 Å². The predicted molar refractivity (Wildman–Crippen MR) is 88.2 cm³/mol. The maximum absolute atomic E-state index is 12.9. The summed E-state index contributed by atoms with van der Waals surface area (Å²) in [5, 5.41) is 9.75. The minimum atomic E-state index is -1.78. The van der Waals surface area contributed by atoms with Crippen LogP contribution in [0, 0.1) is 0 Å². The Morgan fingerprint density at radius 1 is 1.12 bits per heavy atom. The molecule has 0 saturated heterocycles. The van der Waals surface area contributed by atoms with Crippen LogP contribution in [-0.2, 0) is 31.4 Å².